The van der Waals surface area contributed by atoms with Crippen LogP contribution < -0.4 is 10.7 Å². The van der Waals surface area contributed by atoms with Crippen LogP contribution in [-0.4, -0.2) is 30.7 Å². The molecule has 0 heterocycles. The van der Waals surface area contributed by atoms with Crippen molar-refractivity contribution in [1.29, 1.82) is 0 Å². The van der Waals surface area contributed by atoms with Crippen molar-refractivity contribution in [3.63, 3.8) is 0 Å². The zero-order valence-electron chi connectivity index (χ0n) is 13.8. The van der Waals surface area contributed by atoms with E-state index in [1.165, 1.54) is 0 Å². The van der Waals surface area contributed by atoms with Gasteiger partial charge in [-0.15, -0.1) is 0 Å². The van der Waals surface area contributed by atoms with Gasteiger partial charge in [-0.1, -0.05) is 17.7 Å². The minimum Gasteiger partial charge on any atom is -0.465 e. The number of hydrazone groups is 1. The van der Waals surface area contributed by atoms with Gasteiger partial charge in [0, 0.05) is 16.4 Å². The number of anilines is 1. The summed E-state index contributed by atoms with van der Waals surface area (Å²) < 4.78 is 4.90. The van der Waals surface area contributed by atoms with Crippen molar-refractivity contribution < 1.29 is 14.3 Å². The van der Waals surface area contributed by atoms with E-state index in [9.17, 15) is 9.59 Å². The Morgan fingerprint density at radius 2 is 2.09 bits per heavy atom. The maximum absolute atomic E-state index is 11.8. The van der Waals surface area contributed by atoms with E-state index in [0.29, 0.717) is 17.3 Å². The van der Waals surface area contributed by atoms with E-state index >= 15 is 0 Å². The number of halogens is 1. The zero-order valence-corrected chi connectivity index (χ0v) is 14.5. The molecule has 23 heavy (non-hydrogen) atoms. The summed E-state index contributed by atoms with van der Waals surface area (Å²) in [5, 5.41) is 7.55. The number of carbonyl (C=O) groups excluding carboxylic acids is 2. The van der Waals surface area contributed by atoms with Crippen molar-refractivity contribution in [2.75, 3.05) is 18.5 Å². The topological polar surface area (TPSA) is 79.8 Å². The van der Waals surface area contributed by atoms with Gasteiger partial charge in [0.25, 0.3) is 5.91 Å². The smallest absolute Gasteiger partial charge is 0.314 e. The Hall–Kier alpha value is -2.08. The van der Waals surface area contributed by atoms with Crippen LogP contribution in [0, 0.1) is 12.8 Å². The van der Waals surface area contributed by atoms with E-state index in [1.807, 2.05) is 13.0 Å². The molecule has 0 spiro atoms. The SMILES string of the molecule is CCOC(=O)[C@@H](C)C(C)=NNC(=O)CNc1cccc(Cl)c1C. The third-order valence-electron chi connectivity index (χ3n) is 3.33. The number of esters is 1. The van der Waals surface area contributed by atoms with Crippen molar-refractivity contribution in [2.45, 2.75) is 27.7 Å². The standard InChI is InChI=1S/C16H22ClN3O3/c1-5-23-16(22)10(2)12(4)19-20-15(21)9-18-14-8-6-7-13(17)11(14)3/h6-8,10,18H,5,9H2,1-4H3,(H,20,21)/t10-/m0/s1. The van der Waals surface area contributed by atoms with Crippen molar-refractivity contribution in [2.24, 2.45) is 11.0 Å². The van der Waals surface area contributed by atoms with Gasteiger partial charge in [-0.05, 0) is 45.4 Å². The highest BCUT2D eigenvalue weighted by Crippen LogP contribution is 2.22. The fourth-order valence-electron chi connectivity index (χ4n) is 1.70. The van der Waals surface area contributed by atoms with Crippen LogP contribution in [0.15, 0.2) is 23.3 Å². The first-order valence-electron chi connectivity index (χ1n) is 7.35. The summed E-state index contributed by atoms with van der Waals surface area (Å²) in [6, 6.07) is 5.43. The molecule has 1 amide bonds. The number of nitrogens with zero attached hydrogens (tertiary/aromatic N) is 1. The maximum Gasteiger partial charge on any atom is 0.314 e. The molecule has 0 saturated heterocycles. The second-order valence-corrected chi connectivity index (χ2v) is 5.44. The molecule has 6 nitrogen and oxygen atoms in total. The highest BCUT2D eigenvalue weighted by molar-refractivity contribution is 6.31. The fraction of sp³-hybridized carbons (Fsp3) is 0.438. The van der Waals surface area contributed by atoms with Gasteiger partial charge in [-0.25, -0.2) is 5.43 Å². The summed E-state index contributed by atoms with van der Waals surface area (Å²) in [5.74, 6) is -1.19. The van der Waals surface area contributed by atoms with Crippen LogP contribution in [0.1, 0.15) is 26.3 Å². The normalized spacial score (nSPS) is 12.5. The Kier molecular flexibility index (Phi) is 7.54. The Bertz CT molecular complexity index is 602. The first-order chi connectivity index (χ1) is 10.9. The lowest BCUT2D eigenvalue weighted by atomic mass is 10.1. The van der Waals surface area contributed by atoms with Crippen LogP contribution in [0.5, 0.6) is 0 Å². The van der Waals surface area contributed by atoms with Gasteiger partial charge in [0.1, 0.15) is 0 Å². The monoisotopic (exact) mass is 339 g/mol. The quantitative estimate of drug-likeness (QED) is 0.455. The van der Waals surface area contributed by atoms with Crippen LogP contribution in [0.2, 0.25) is 5.02 Å². The lowest BCUT2D eigenvalue weighted by Crippen LogP contribution is -2.29. The molecule has 0 saturated carbocycles. The lowest BCUT2D eigenvalue weighted by Gasteiger charge is -2.11. The van der Waals surface area contributed by atoms with Gasteiger partial charge in [0.05, 0.1) is 19.1 Å². The number of carbonyl (C=O) groups is 2. The van der Waals surface area contributed by atoms with Crippen LogP contribution >= 0.6 is 11.6 Å². The minimum absolute atomic E-state index is 0.0474. The number of ether oxygens (including phenoxy) is 1. The number of hydrogen-bond acceptors (Lipinski definition) is 5. The molecule has 1 aromatic rings. The van der Waals surface area contributed by atoms with Gasteiger partial charge in [0.2, 0.25) is 0 Å². The third-order valence-corrected chi connectivity index (χ3v) is 3.74. The minimum atomic E-state index is -0.501. The molecular weight excluding hydrogens is 318 g/mol. The molecule has 7 heteroatoms. The first-order valence-corrected chi connectivity index (χ1v) is 7.73. The molecule has 0 aromatic heterocycles. The molecule has 0 bridgehead atoms. The molecule has 1 atom stereocenters. The third kappa shape index (κ3) is 5.90. The van der Waals surface area contributed by atoms with Gasteiger partial charge in [-0.2, -0.15) is 5.10 Å². The number of amides is 1. The molecule has 0 fully saturated rings. The average Bonchev–Trinajstić information content (AvgIpc) is 2.53. The second kappa shape index (κ2) is 9.15. The summed E-state index contributed by atoms with van der Waals surface area (Å²) >= 11 is 6.02. The van der Waals surface area contributed by atoms with Crippen LogP contribution in [-0.2, 0) is 14.3 Å². The molecule has 2 N–H and O–H groups in total. The Balaban J connectivity index is 2.52. The van der Waals surface area contributed by atoms with Crippen molar-refractivity contribution >= 4 is 34.9 Å². The van der Waals surface area contributed by atoms with Gasteiger partial charge in [-0.3, -0.25) is 9.59 Å². The van der Waals surface area contributed by atoms with Crippen molar-refractivity contribution in [1.82, 2.24) is 5.43 Å². The van der Waals surface area contributed by atoms with E-state index in [-0.39, 0.29) is 18.4 Å². The van der Waals surface area contributed by atoms with Crippen LogP contribution in [0.4, 0.5) is 5.69 Å². The fourth-order valence-corrected chi connectivity index (χ4v) is 1.87. The molecule has 0 radical (unpaired) electrons. The summed E-state index contributed by atoms with van der Waals surface area (Å²) in [6.07, 6.45) is 0. The van der Waals surface area contributed by atoms with E-state index in [0.717, 1.165) is 11.3 Å². The summed E-state index contributed by atoms with van der Waals surface area (Å²) in [6.45, 7) is 7.30. The van der Waals surface area contributed by atoms with Crippen LogP contribution in [0.3, 0.4) is 0 Å². The van der Waals surface area contributed by atoms with E-state index < -0.39 is 5.92 Å². The highest BCUT2D eigenvalue weighted by atomic mass is 35.5. The largest absolute Gasteiger partial charge is 0.465 e. The predicted molar refractivity (Wildman–Crippen MR) is 91.7 cm³/mol. The Labute approximate surface area is 141 Å². The maximum atomic E-state index is 11.8. The van der Waals surface area contributed by atoms with Gasteiger partial charge >= 0.3 is 5.97 Å². The first kappa shape index (κ1) is 19.0. The molecule has 1 aromatic carbocycles. The highest BCUT2D eigenvalue weighted by Gasteiger charge is 2.17. The zero-order chi connectivity index (χ0) is 17.4. The molecular formula is C16H22ClN3O3. The Morgan fingerprint density at radius 1 is 1.39 bits per heavy atom. The van der Waals surface area contributed by atoms with Crippen molar-refractivity contribution in [3.8, 4) is 0 Å². The van der Waals surface area contributed by atoms with Crippen molar-refractivity contribution in [3.05, 3.63) is 28.8 Å². The molecule has 0 aliphatic carbocycles. The predicted octanol–water partition coefficient (Wildman–Crippen LogP) is 2.75. The van der Waals surface area contributed by atoms with E-state index in [4.69, 9.17) is 16.3 Å². The summed E-state index contributed by atoms with van der Waals surface area (Å²) in [5.41, 5.74) is 4.55. The molecule has 0 aliphatic heterocycles. The van der Waals surface area contributed by atoms with Crippen LogP contribution in [0.25, 0.3) is 0 Å². The lowest BCUT2D eigenvalue weighted by molar-refractivity contribution is -0.145. The summed E-state index contributed by atoms with van der Waals surface area (Å²) in [4.78, 5) is 23.4. The number of hydrogen-bond donors (Lipinski definition) is 2. The number of rotatable bonds is 7. The van der Waals surface area contributed by atoms with E-state index in [1.54, 1.807) is 32.9 Å². The number of benzene rings is 1. The van der Waals surface area contributed by atoms with Gasteiger partial charge in [0.15, 0.2) is 0 Å². The van der Waals surface area contributed by atoms with E-state index in [2.05, 4.69) is 15.8 Å². The molecule has 126 valence electrons. The van der Waals surface area contributed by atoms with Gasteiger partial charge < -0.3 is 10.1 Å². The molecule has 0 aliphatic rings. The summed E-state index contributed by atoms with van der Waals surface area (Å²) in [7, 11) is 0. The molecule has 0 unspecified atom stereocenters. The second-order valence-electron chi connectivity index (χ2n) is 5.03. The molecule has 1 rings (SSSR count). The number of nitrogens with one attached hydrogen (secondary N) is 2. The Morgan fingerprint density at radius 3 is 2.74 bits per heavy atom. The average molecular weight is 340 g/mol.